The molecule has 1 aliphatic heterocycles. The molecule has 2 aromatic heterocycles. The number of aromatic nitrogens is 4. The molecule has 0 spiro atoms. The van der Waals surface area contributed by atoms with Gasteiger partial charge in [0, 0.05) is 48.9 Å². The number of hydrogen-bond acceptors (Lipinski definition) is 7. The van der Waals surface area contributed by atoms with Crippen LogP contribution in [0.25, 0.3) is 33.4 Å². The normalized spacial score (nSPS) is 14.4. The van der Waals surface area contributed by atoms with E-state index in [1.807, 2.05) is 37.5 Å². The second-order valence-electron chi connectivity index (χ2n) is 8.46. The van der Waals surface area contributed by atoms with Gasteiger partial charge in [0.15, 0.2) is 5.82 Å². The Morgan fingerprint density at radius 2 is 1.79 bits per heavy atom. The van der Waals surface area contributed by atoms with Crippen LogP contribution in [0, 0.1) is 17.1 Å². The Morgan fingerprint density at radius 1 is 1.09 bits per heavy atom. The van der Waals surface area contributed by atoms with Gasteiger partial charge in [0.1, 0.15) is 17.6 Å². The smallest absolute Gasteiger partial charge is 0.258 e. The van der Waals surface area contributed by atoms with Crippen molar-refractivity contribution in [2.45, 2.75) is 18.9 Å². The number of nitrogens with two attached hydrogens (primary N) is 1. The summed E-state index contributed by atoms with van der Waals surface area (Å²) >= 11 is 0. The van der Waals surface area contributed by atoms with E-state index in [2.05, 4.69) is 10.00 Å². The summed E-state index contributed by atoms with van der Waals surface area (Å²) in [5, 5.41) is 14.5. The van der Waals surface area contributed by atoms with E-state index in [0.29, 0.717) is 28.6 Å². The van der Waals surface area contributed by atoms with Crippen molar-refractivity contribution in [2.24, 2.45) is 12.8 Å². The summed E-state index contributed by atoms with van der Waals surface area (Å²) in [4.78, 5) is 11.9. The van der Waals surface area contributed by atoms with Gasteiger partial charge in [-0.15, -0.1) is 0 Å². The van der Waals surface area contributed by atoms with Gasteiger partial charge in [-0.1, -0.05) is 12.1 Å². The lowest BCUT2D eigenvalue weighted by atomic mass is 10.0. The van der Waals surface area contributed by atoms with Crippen LogP contribution in [-0.4, -0.2) is 46.0 Å². The van der Waals surface area contributed by atoms with E-state index in [1.165, 1.54) is 12.1 Å². The molecule has 172 valence electrons. The van der Waals surface area contributed by atoms with Crippen molar-refractivity contribution in [3.8, 4) is 34.5 Å². The second kappa shape index (κ2) is 8.72. The number of piperidine rings is 1. The predicted octanol–water partition coefficient (Wildman–Crippen LogP) is 3.64. The number of benzene rings is 2. The molecule has 0 amide bonds. The SMILES string of the molecule is COc1nc(-c2ccc3nn(C)cc3c2)c(-c2ccc(C#N)c(F)c2)nc1N1CCC(N)CC1. The zero-order chi connectivity index (χ0) is 23.8. The van der Waals surface area contributed by atoms with E-state index < -0.39 is 5.82 Å². The van der Waals surface area contributed by atoms with Crippen molar-refractivity contribution >= 4 is 16.7 Å². The number of fused-ring (bicyclic) bond motifs is 1. The van der Waals surface area contributed by atoms with Crippen LogP contribution < -0.4 is 15.4 Å². The summed E-state index contributed by atoms with van der Waals surface area (Å²) in [5.41, 5.74) is 9.33. The van der Waals surface area contributed by atoms with Gasteiger partial charge in [-0.25, -0.2) is 14.4 Å². The lowest BCUT2D eigenvalue weighted by Crippen LogP contribution is -2.40. The lowest BCUT2D eigenvalue weighted by molar-refractivity contribution is 0.392. The molecule has 0 unspecified atom stereocenters. The van der Waals surface area contributed by atoms with Crippen LogP contribution in [0.1, 0.15) is 18.4 Å². The first-order valence-electron chi connectivity index (χ1n) is 11.1. The Kier molecular flexibility index (Phi) is 5.59. The third kappa shape index (κ3) is 3.93. The van der Waals surface area contributed by atoms with Gasteiger partial charge in [0.25, 0.3) is 5.88 Å². The maximum atomic E-state index is 14.6. The Bertz CT molecular complexity index is 1420. The highest BCUT2D eigenvalue weighted by molar-refractivity contribution is 5.87. The van der Waals surface area contributed by atoms with Crippen molar-refractivity contribution in [3.63, 3.8) is 0 Å². The van der Waals surface area contributed by atoms with Crippen molar-refractivity contribution in [3.05, 3.63) is 54.0 Å². The van der Waals surface area contributed by atoms with Crippen LogP contribution in [0.2, 0.25) is 0 Å². The van der Waals surface area contributed by atoms with E-state index in [9.17, 15) is 4.39 Å². The van der Waals surface area contributed by atoms with Crippen LogP contribution in [0.5, 0.6) is 5.88 Å². The molecule has 1 aliphatic rings. The Morgan fingerprint density at radius 3 is 2.50 bits per heavy atom. The summed E-state index contributed by atoms with van der Waals surface area (Å²) in [6.07, 6.45) is 3.60. The molecule has 9 heteroatoms. The van der Waals surface area contributed by atoms with Crippen LogP contribution in [0.15, 0.2) is 42.6 Å². The summed E-state index contributed by atoms with van der Waals surface area (Å²) in [5.74, 6) is 0.395. The molecule has 0 atom stereocenters. The Labute approximate surface area is 196 Å². The van der Waals surface area contributed by atoms with E-state index in [0.717, 1.165) is 42.4 Å². The molecule has 0 saturated carbocycles. The number of halogens is 1. The molecule has 0 aliphatic carbocycles. The fourth-order valence-corrected chi connectivity index (χ4v) is 4.32. The maximum absolute atomic E-state index is 14.6. The zero-order valence-corrected chi connectivity index (χ0v) is 19.0. The van der Waals surface area contributed by atoms with Crippen LogP contribution in [0.4, 0.5) is 10.2 Å². The standard InChI is InChI=1S/C25H24FN7O/c1-32-14-18-11-15(5-6-21(18)31-32)23-22(16-3-4-17(13-27)20(26)12-16)29-24(25(30-23)34-2)33-9-7-19(28)8-10-33/h3-6,11-12,14,19H,7-10,28H2,1-2H3. The molecule has 1 saturated heterocycles. The van der Waals surface area contributed by atoms with Crippen molar-refractivity contribution < 1.29 is 9.13 Å². The van der Waals surface area contributed by atoms with Crippen LogP contribution >= 0.6 is 0 Å². The van der Waals surface area contributed by atoms with Gasteiger partial charge in [0.05, 0.1) is 23.9 Å². The fraction of sp³-hybridized carbons (Fsp3) is 0.280. The molecule has 0 radical (unpaired) electrons. The minimum atomic E-state index is -0.600. The minimum Gasteiger partial charge on any atom is -0.478 e. The van der Waals surface area contributed by atoms with E-state index in [1.54, 1.807) is 17.9 Å². The van der Waals surface area contributed by atoms with Gasteiger partial charge >= 0.3 is 0 Å². The van der Waals surface area contributed by atoms with Gasteiger partial charge < -0.3 is 15.4 Å². The highest BCUT2D eigenvalue weighted by Gasteiger charge is 2.25. The van der Waals surface area contributed by atoms with E-state index in [-0.39, 0.29) is 11.6 Å². The Hall–Kier alpha value is -4.03. The maximum Gasteiger partial charge on any atom is 0.258 e. The molecule has 2 aromatic carbocycles. The third-order valence-electron chi connectivity index (χ3n) is 6.13. The monoisotopic (exact) mass is 457 g/mol. The summed E-state index contributed by atoms with van der Waals surface area (Å²) < 4.78 is 22.0. The van der Waals surface area contributed by atoms with E-state index in [4.69, 9.17) is 25.7 Å². The average Bonchev–Trinajstić information content (AvgIpc) is 3.23. The van der Waals surface area contributed by atoms with Crippen molar-refractivity contribution in [2.75, 3.05) is 25.1 Å². The van der Waals surface area contributed by atoms with Gasteiger partial charge in [-0.05, 0) is 37.1 Å². The zero-order valence-electron chi connectivity index (χ0n) is 19.0. The third-order valence-corrected chi connectivity index (χ3v) is 6.13. The molecule has 5 rings (SSSR count). The molecule has 3 heterocycles. The van der Waals surface area contributed by atoms with Crippen molar-refractivity contribution in [1.29, 1.82) is 5.26 Å². The number of nitrogens with zero attached hydrogens (tertiary/aromatic N) is 6. The predicted molar refractivity (Wildman–Crippen MR) is 128 cm³/mol. The first-order valence-corrected chi connectivity index (χ1v) is 11.1. The highest BCUT2D eigenvalue weighted by Crippen LogP contribution is 2.37. The number of anilines is 1. The quantitative estimate of drug-likeness (QED) is 0.499. The first-order chi connectivity index (χ1) is 16.5. The average molecular weight is 458 g/mol. The Balaban J connectivity index is 1.71. The molecule has 34 heavy (non-hydrogen) atoms. The van der Waals surface area contributed by atoms with Crippen LogP contribution in [-0.2, 0) is 7.05 Å². The number of methoxy groups -OCH3 is 1. The number of rotatable bonds is 4. The minimum absolute atomic E-state index is 0.0196. The van der Waals surface area contributed by atoms with Gasteiger partial charge in [-0.2, -0.15) is 10.4 Å². The molecular formula is C25H24FN7O. The number of ether oxygens (including phenoxy) is 1. The summed E-state index contributed by atoms with van der Waals surface area (Å²) in [6.45, 7) is 1.46. The number of aryl methyl sites for hydroxylation is 1. The van der Waals surface area contributed by atoms with Gasteiger partial charge in [-0.3, -0.25) is 4.68 Å². The summed E-state index contributed by atoms with van der Waals surface area (Å²) in [6, 6.07) is 12.3. The number of hydrogen-bond donors (Lipinski definition) is 1. The van der Waals surface area contributed by atoms with E-state index >= 15 is 0 Å². The number of nitriles is 1. The second-order valence-corrected chi connectivity index (χ2v) is 8.46. The summed E-state index contributed by atoms with van der Waals surface area (Å²) in [7, 11) is 3.44. The van der Waals surface area contributed by atoms with Crippen LogP contribution in [0.3, 0.4) is 0 Å². The molecule has 4 aromatic rings. The molecule has 2 N–H and O–H groups in total. The van der Waals surface area contributed by atoms with Gasteiger partial charge in [0.2, 0.25) is 0 Å². The lowest BCUT2D eigenvalue weighted by Gasteiger charge is -2.32. The van der Waals surface area contributed by atoms with Crippen molar-refractivity contribution in [1.82, 2.24) is 19.7 Å². The first kappa shape index (κ1) is 21.8. The largest absolute Gasteiger partial charge is 0.478 e. The molecule has 0 bridgehead atoms. The fourth-order valence-electron chi connectivity index (χ4n) is 4.32. The molecule has 1 fully saturated rings. The molecular weight excluding hydrogens is 433 g/mol. The topological polar surface area (TPSA) is 106 Å². The highest BCUT2D eigenvalue weighted by atomic mass is 19.1. The molecule has 8 nitrogen and oxygen atoms in total.